The maximum absolute atomic E-state index is 6.32. The molecule has 0 aliphatic carbocycles. The first kappa shape index (κ1) is 39.5. The molecular formula is C39H78N2O. The van der Waals surface area contributed by atoms with Gasteiger partial charge in [-0.1, -0.05) is 200 Å². The minimum absolute atomic E-state index is 0.316. The van der Waals surface area contributed by atoms with Crippen LogP contribution in [-0.2, 0) is 4.84 Å². The number of hydrogen-bond acceptors (Lipinski definition) is 3. The fourth-order valence-corrected chi connectivity index (χ4v) is 6.52. The highest BCUT2D eigenvalue weighted by Gasteiger charge is 2.19. The average molecular weight is 591 g/mol. The van der Waals surface area contributed by atoms with E-state index in [1.54, 1.807) is 0 Å². The molecule has 0 aromatic carbocycles. The van der Waals surface area contributed by atoms with E-state index in [9.17, 15) is 0 Å². The van der Waals surface area contributed by atoms with E-state index in [4.69, 9.17) is 9.83 Å². The highest BCUT2D eigenvalue weighted by atomic mass is 16.7. The van der Waals surface area contributed by atoms with Crippen molar-refractivity contribution < 1.29 is 4.84 Å². The Morgan fingerprint density at radius 2 is 0.833 bits per heavy atom. The standard InChI is InChI=1S/C39H78N2O/c1-4-6-8-10-12-14-16-18-20-21-22-24-26-28-30-32-34-38(3)42-41-37-36-40-39(41)35-33-31-29-27-25-23-19-17-15-13-11-9-7-5-2/h38H,4-37H2,1-3H3. The van der Waals surface area contributed by atoms with E-state index in [-0.39, 0.29) is 0 Å². The van der Waals surface area contributed by atoms with E-state index in [1.165, 1.54) is 205 Å². The zero-order chi connectivity index (χ0) is 30.2. The summed E-state index contributed by atoms with van der Waals surface area (Å²) in [5, 5.41) is 2.14. The van der Waals surface area contributed by atoms with Crippen molar-refractivity contribution in [2.45, 2.75) is 232 Å². The van der Waals surface area contributed by atoms with Crippen molar-refractivity contribution in [3.8, 4) is 0 Å². The number of hydrogen-bond donors (Lipinski definition) is 0. The summed E-state index contributed by atoms with van der Waals surface area (Å²) in [6, 6.07) is 0. The van der Waals surface area contributed by atoms with Gasteiger partial charge in [-0.15, -0.1) is 0 Å². The predicted molar refractivity (Wildman–Crippen MR) is 189 cm³/mol. The third kappa shape index (κ3) is 25.9. The Balaban J connectivity index is 1.85. The molecule has 0 spiro atoms. The van der Waals surface area contributed by atoms with Crippen LogP contribution in [0, 0.1) is 0 Å². The second-order valence-electron chi connectivity index (χ2n) is 13.8. The lowest BCUT2D eigenvalue weighted by atomic mass is 10.0. The van der Waals surface area contributed by atoms with Crippen LogP contribution in [0.3, 0.4) is 0 Å². The third-order valence-corrected chi connectivity index (χ3v) is 9.41. The first-order valence-electron chi connectivity index (χ1n) is 19.8. The van der Waals surface area contributed by atoms with Crippen LogP contribution in [0.4, 0.5) is 0 Å². The quantitative estimate of drug-likeness (QED) is 0.0696. The molecule has 1 heterocycles. The zero-order valence-electron chi connectivity index (χ0n) is 29.4. The molecule has 1 aliphatic heterocycles. The summed E-state index contributed by atoms with van der Waals surface area (Å²) in [4.78, 5) is 11.1. The minimum atomic E-state index is 0.316. The van der Waals surface area contributed by atoms with Gasteiger partial charge >= 0.3 is 0 Å². The monoisotopic (exact) mass is 591 g/mol. The van der Waals surface area contributed by atoms with E-state index in [2.05, 4.69) is 25.8 Å². The molecular weight excluding hydrogens is 512 g/mol. The first-order chi connectivity index (χ1) is 20.8. The summed E-state index contributed by atoms with van der Waals surface area (Å²) in [6.07, 6.45) is 45.3. The lowest BCUT2D eigenvalue weighted by Crippen LogP contribution is -2.31. The van der Waals surface area contributed by atoms with E-state index in [1.807, 2.05) is 0 Å². The molecule has 0 fully saturated rings. The van der Waals surface area contributed by atoms with Crippen LogP contribution in [0.1, 0.15) is 226 Å². The highest BCUT2D eigenvalue weighted by molar-refractivity contribution is 5.82. The van der Waals surface area contributed by atoms with Crippen LogP contribution < -0.4 is 0 Å². The summed E-state index contributed by atoms with van der Waals surface area (Å²) < 4.78 is 0. The van der Waals surface area contributed by atoms with Crippen LogP contribution >= 0.6 is 0 Å². The van der Waals surface area contributed by atoms with Crippen LogP contribution in [0.15, 0.2) is 4.99 Å². The van der Waals surface area contributed by atoms with Crippen LogP contribution in [-0.4, -0.2) is 30.1 Å². The largest absolute Gasteiger partial charge is 0.269 e. The van der Waals surface area contributed by atoms with Gasteiger partial charge in [0.1, 0.15) is 5.84 Å². The number of amidine groups is 1. The topological polar surface area (TPSA) is 24.8 Å². The Hall–Kier alpha value is -0.570. The fraction of sp³-hybridized carbons (Fsp3) is 0.974. The Labute approximate surface area is 265 Å². The van der Waals surface area contributed by atoms with Gasteiger partial charge in [-0.05, 0) is 19.8 Å². The number of unbranched alkanes of at least 4 members (excludes halogenated alkanes) is 28. The molecule has 0 saturated carbocycles. The highest BCUT2D eigenvalue weighted by Crippen LogP contribution is 2.18. The van der Waals surface area contributed by atoms with Crippen LogP contribution in [0.2, 0.25) is 0 Å². The van der Waals surface area contributed by atoms with E-state index in [0.29, 0.717) is 6.10 Å². The van der Waals surface area contributed by atoms with Crippen molar-refractivity contribution in [1.82, 2.24) is 5.06 Å². The van der Waals surface area contributed by atoms with E-state index in [0.717, 1.165) is 19.5 Å². The van der Waals surface area contributed by atoms with E-state index < -0.39 is 0 Å². The van der Waals surface area contributed by atoms with Gasteiger partial charge in [0.2, 0.25) is 0 Å². The van der Waals surface area contributed by atoms with Gasteiger partial charge in [-0.25, -0.2) is 5.06 Å². The SMILES string of the molecule is CCCCCCCCCCCCCCCCCCC(C)ON1CCN=C1CCCCCCCCCCCCCCCC. The number of hydroxylamine groups is 2. The van der Waals surface area contributed by atoms with Crippen molar-refractivity contribution in [3.63, 3.8) is 0 Å². The lowest BCUT2D eigenvalue weighted by molar-refractivity contribution is -0.136. The second-order valence-corrected chi connectivity index (χ2v) is 13.8. The predicted octanol–water partition coefficient (Wildman–Crippen LogP) is 13.5. The van der Waals surface area contributed by atoms with Gasteiger partial charge in [0.25, 0.3) is 0 Å². The molecule has 3 heteroatoms. The normalized spacial score (nSPS) is 14.2. The van der Waals surface area contributed by atoms with Crippen molar-refractivity contribution in [3.05, 3.63) is 0 Å². The summed E-state index contributed by atoms with van der Waals surface area (Å²) in [7, 11) is 0. The van der Waals surface area contributed by atoms with Gasteiger partial charge in [-0.3, -0.25) is 9.83 Å². The molecule has 1 aliphatic rings. The molecule has 0 N–H and O–H groups in total. The van der Waals surface area contributed by atoms with Crippen molar-refractivity contribution in [1.29, 1.82) is 0 Å². The van der Waals surface area contributed by atoms with Crippen molar-refractivity contribution in [2.24, 2.45) is 4.99 Å². The summed E-state index contributed by atoms with van der Waals surface area (Å²) in [5.41, 5.74) is 0. The minimum Gasteiger partial charge on any atom is -0.269 e. The Morgan fingerprint density at radius 1 is 0.500 bits per heavy atom. The molecule has 0 aromatic heterocycles. The van der Waals surface area contributed by atoms with Gasteiger partial charge < -0.3 is 0 Å². The molecule has 3 nitrogen and oxygen atoms in total. The first-order valence-corrected chi connectivity index (χ1v) is 19.8. The maximum Gasteiger partial charge on any atom is 0.124 e. The Kier molecular flexibility index (Phi) is 29.9. The van der Waals surface area contributed by atoms with Gasteiger partial charge in [0, 0.05) is 6.42 Å². The Morgan fingerprint density at radius 3 is 1.21 bits per heavy atom. The smallest absolute Gasteiger partial charge is 0.124 e. The Bertz CT molecular complexity index is 563. The van der Waals surface area contributed by atoms with E-state index >= 15 is 0 Å². The fourth-order valence-electron chi connectivity index (χ4n) is 6.52. The zero-order valence-corrected chi connectivity index (χ0v) is 29.4. The van der Waals surface area contributed by atoms with Crippen LogP contribution in [0.5, 0.6) is 0 Å². The molecule has 1 atom stereocenters. The lowest BCUT2D eigenvalue weighted by Gasteiger charge is -2.24. The van der Waals surface area contributed by atoms with Crippen molar-refractivity contribution in [2.75, 3.05) is 13.1 Å². The van der Waals surface area contributed by atoms with Gasteiger partial charge in [0.15, 0.2) is 0 Å². The molecule has 42 heavy (non-hydrogen) atoms. The molecule has 0 amide bonds. The average Bonchev–Trinajstić information content (AvgIpc) is 3.43. The molecule has 1 rings (SSSR count). The van der Waals surface area contributed by atoms with Gasteiger partial charge in [0.05, 0.1) is 19.2 Å². The second kappa shape index (κ2) is 31.8. The molecule has 250 valence electrons. The molecule has 0 radical (unpaired) electrons. The van der Waals surface area contributed by atoms with Crippen LogP contribution in [0.25, 0.3) is 0 Å². The van der Waals surface area contributed by atoms with Crippen molar-refractivity contribution >= 4 is 5.84 Å². The number of rotatable bonds is 34. The third-order valence-electron chi connectivity index (χ3n) is 9.41. The molecule has 0 saturated heterocycles. The molecule has 1 unspecified atom stereocenters. The molecule has 0 bridgehead atoms. The number of aliphatic imine (C=N–C) groups is 1. The molecule has 0 aromatic rings. The summed E-state index contributed by atoms with van der Waals surface area (Å²) >= 11 is 0. The number of nitrogens with zero attached hydrogens (tertiary/aromatic N) is 2. The summed E-state index contributed by atoms with van der Waals surface area (Å²) in [5.74, 6) is 1.22. The summed E-state index contributed by atoms with van der Waals surface area (Å²) in [6.45, 7) is 8.73. The maximum atomic E-state index is 6.32. The van der Waals surface area contributed by atoms with Gasteiger partial charge in [-0.2, -0.15) is 0 Å².